The Labute approximate surface area is 142 Å². The third-order valence-electron chi connectivity index (χ3n) is 4.46. The Morgan fingerprint density at radius 3 is 2.29 bits per heavy atom. The van der Waals surface area contributed by atoms with Crippen LogP contribution >= 0.6 is 0 Å². The number of nitrogens with zero attached hydrogens (tertiary/aromatic N) is 1. The molecule has 0 atom stereocenters. The van der Waals surface area contributed by atoms with E-state index in [-0.39, 0.29) is 5.63 Å². The average molecular weight is 321 g/mol. The van der Waals surface area contributed by atoms with Crippen molar-refractivity contribution in [3.63, 3.8) is 0 Å². The minimum absolute atomic E-state index is 0.288. The zero-order valence-corrected chi connectivity index (χ0v) is 14.7. The second kappa shape index (κ2) is 6.62. The van der Waals surface area contributed by atoms with Gasteiger partial charge in [-0.25, -0.2) is 4.79 Å². The minimum atomic E-state index is -0.288. The minimum Gasteiger partial charge on any atom is -0.423 e. The quantitative estimate of drug-likeness (QED) is 0.670. The Bertz CT molecular complexity index is 923. The molecule has 3 nitrogen and oxygen atoms in total. The lowest BCUT2D eigenvalue weighted by atomic mass is 10.0. The highest BCUT2D eigenvalue weighted by atomic mass is 16.4. The van der Waals surface area contributed by atoms with Gasteiger partial charge in [-0.15, -0.1) is 0 Å². The van der Waals surface area contributed by atoms with E-state index in [1.54, 1.807) is 6.07 Å². The summed E-state index contributed by atoms with van der Waals surface area (Å²) in [7, 11) is 2.07. The summed E-state index contributed by atoms with van der Waals surface area (Å²) in [5, 5.41) is 1.02. The highest BCUT2D eigenvalue weighted by molar-refractivity contribution is 5.81. The molecule has 0 saturated heterocycles. The second-order valence-corrected chi connectivity index (χ2v) is 6.68. The Hall–Kier alpha value is -2.39. The van der Waals surface area contributed by atoms with E-state index in [0.717, 1.165) is 23.1 Å². The van der Waals surface area contributed by atoms with E-state index in [4.69, 9.17) is 4.42 Å². The van der Waals surface area contributed by atoms with Crippen molar-refractivity contribution >= 4 is 11.0 Å². The van der Waals surface area contributed by atoms with Gasteiger partial charge in [-0.05, 0) is 62.2 Å². The molecule has 0 unspecified atom stereocenters. The fourth-order valence-electron chi connectivity index (χ4n) is 2.97. The normalized spacial score (nSPS) is 11.4. The summed E-state index contributed by atoms with van der Waals surface area (Å²) in [6.45, 7) is 7.75. The van der Waals surface area contributed by atoms with Crippen molar-refractivity contribution in [1.82, 2.24) is 4.90 Å². The lowest BCUT2D eigenvalue weighted by molar-refractivity contribution is 0.319. The second-order valence-electron chi connectivity index (χ2n) is 6.68. The van der Waals surface area contributed by atoms with E-state index in [1.165, 1.54) is 16.7 Å². The SMILES string of the molecule is Cc1ccc(CN(C)Cc2cc(=O)oc3cc(C)c(C)cc23)cc1. The van der Waals surface area contributed by atoms with Gasteiger partial charge in [0.1, 0.15) is 5.58 Å². The number of aryl methyl sites for hydroxylation is 3. The van der Waals surface area contributed by atoms with Crippen LogP contribution in [-0.2, 0) is 13.1 Å². The van der Waals surface area contributed by atoms with Crippen LogP contribution in [0.3, 0.4) is 0 Å². The average Bonchev–Trinajstić information content (AvgIpc) is 2.51. The molecule has 24 heavy (non-hydrogen) atoms. The van der Waals surface area contributed by atoms with E-state index >= 15 is 0 Å². The van der Waals surface area contributed by atoms with Crippen molar-refractivity contribution in [2.75, 3.05) is 7.05 Å². The van der Waals surface area contributed by atoms with Crippen molar-refractivity contribution in [2.24, 2.45) is 0 Å². The van der Waals surface area contributed by atoms with Gasteiger partial charge in [0.2, 0.25) is 0 Å². The molecular weight excluding hydrogens is 298 g/mol. The Morgan fingerprint density at radius 1 is 0.917 bits per heavy atom. The molecular formula is C21H23NO2. The van der Waals surface area contributed by atoms with Gasteiger partial charge in [-0.1, -0.05) is 29.8 Å². The first-order valence-corrected chi connectivity index (χ1v) is 8.20. The lowest BCUT2D eigenvalue weighted by Gasteiger charge is -2.18. The van der Waals surface area contributed by atoms with E-state index in [2.05, 4.69) is 56.1 Å². The topological polar surface area (TPSA) is 33.5 Å². The van der Waals surface area contributed by atoms with Crippen molar-refractivity contribution in [3.05, 3.63) is 80.7 Å². The van der Waals surface area contributed by atoms with Crippen LogP contribution in [0.2, 0.25) is 0 Å². The fourth-order valence-corrected chi connectivity index (χ4v) is 2.97. The summed E-state index contributed by atoms with van der Waals surface area (Å²) < 4.78 is 5.38. The maximum Gasteiger partial charge on any atom is 0.336 e. The predicted molar refractivity (Wildman–Crippen MR) is 98.3 cm³/mol. The summed E-state index contributed by atoms with van der Waals surface area (Å²) >= 11 is 0. The molecule has 124 valence electrons. The largest absolute Gasteiger partial charge is 0.423 e. The first kappa shape index (κ1) is 16.5. The van der Waals surface area contributed by atoms with Crippen LogP contribution in [-0.4, -0.2) is 11.9 Å². The molecule has 0 aliphatic rings. The monoisotopic (exact) mass is 321 g/mol. The van der Waals surface area contributed by atoms with Crippen LogP contribution in [0.1, 0.15) is 27.8 Å². The highest BCUT2D eigenvalue weighted by Crippen LogP contribution is 2.22. The maximum absolute atomic E-state index is 11.9. The van der Waals surface area contributed by atoms with Crippen LogP contribution < -0.4 is 5.63 Å². The van der Waals surface area contributed by atoms with Gasteiger partial charge in [0.15, 0.2) is 0 Å². The van der Waals surface area contributed by atoms with Gasteiger partial charge in [-0.3, -0.25) is 4.90 Å². The van der Waals surface area contributed by atoms with Gasteiger partial charge in [0, 0.05) is 24.5 Å². The number of hydrogen-bond donors (Lipinski definition) is 0. The number of benzene rings is 2. The van der Waals surface area contributed by atoms with Gasteiger partial charge in [0.25, 0.3) is 0 Å². The van der Waals surface area contributed by atoms with Crippen molar-refractivity contribution in [3.8, 4) is 0 Å². The maximum atomic E-state index is 11.9. The van der Waals surface area contributed by atoms with Crippen LogP contribution in [0, 0.1) is 20.8 Å². The molecule has 0 N–H and O–H groups in total. The molecule has 0 saturated carbocycles. The molecule has 3 rings (SSSR count). The van der Waals surface area contributed by atoms with Gasteiger partial charge >= 0.3 is 5.63 Å². The molecule has 0 radical (unpaired) electrons. The molecule has 0 spiro atoms. The summed E-state index contributed by atoms with van der Waals surface area (Å²) in [5.41, 5.74) is 6.27. The van der Waals surface area contributed by atoms with Crippen molar-refractivity contribution < 1.29 is 4.42 Å². The molecule has 0 bridgehead atoms. The molecule has 0 aliphatic heterocycles. The van der Waals surface area contributed by atoms with Crippen molar-refractivity contribution in [1.29, 1.82) is 0 Å². The Kier molecular flexibility index (Phi) is 4.54. The van der Waals surface area contributed by atoms with Crippen LogP contribution in [0.4, 0.5) is 0 Å². The first-order valence-electron chi connectivity index (χ1n) is 8.20. The third-order valence-corrected chi connectivity index (χ3v) is 4.46. The van der Waals surface area contributed by atoms with E-state index in [1.807, 2.05) is 13.0 Å². The van der Waals surface area contributed by atoms with E-state index in [9.17, 15) is 4.79 Å². The number of rotatable bonds is 4. The fraction of sp³-hybridized carbons (Fsp3) is 0.286. The molecule has 0 amide bonds. The molecule has 0 aliphatic carbocycles. The van der Waals surface area contributed by atoms with Crippen LogP contribution in [0.5, 0.6) is 0 Å². The number of hydrogen-bond acceptors (Lipinski definition) is 3. The van der Waals surface area contributed by atoms with Gasteiger partial charge in [0.05, 0.1) is 0 Å². The van der Waals surface area contributed by atoms with Crippen LogP contribution in [0.25, 0.3) is 11.0 Å². The smallest absolute Gasteiger partial charge is 0.336 e. The summed E-state index contributed by atoms with van der Waals surface area (Å²) in [4.78, 5) is 14.1. The zero-order valence-electron chi connectivity index (χ0n) is 14.7. The van der Waals surface area contributed by atoms with E-state index in [0.29, 0.717) is 12.1 Å². The van der Waals surface area contributed by atoms with Gasteiger partial charge < -0.3 is 4.42 Å². The summed E-state index contributed by atoms with van der Waals surface area (Å²) in [6.07, 6.45) is 0. The standard InChI is InChI=1S/C21H23NO2/c1-14-5-7-17(8-6-14)12-22(4)13-18-11-21(23)24-20-10-16(3)15(2)9-19(18)20/h5-11H,12-13H2,1-4H3. The molecule has 3 heteroatoms. The zero-order chi connectivity index (χ0) is 17.3. The Morgan fingerprint density at radius 2 is 1.58 bits per heavy atom. The Balaban J connectivity index is 1.90. The lowest BCUT2D eigenvalue weighted by Crippen LogP contribution is -2.18. The predicted octanol–water partition coefficient (Wildman–Crippen LogP) is 4.35. The molecule has 1 aromatic heterocycles. The highest BCUT2D eigenvalue weighted by Gasteiger charge is 2.10. The molecule has 1 heterocycles. The first-order chi connectivity index (χ1) is 11.4. The molecule has 3 aromatic rings. The third kappa shape index (κ3) is 3.57. The van der Waals surface area contributed by atoms with Crippen LogP contribution in [0.15, 0.2) is 51.7 Å². The molecule has 2 aromatic carbocycles. The summed E-state index contributed by atoms with van der Waals surface area (Å²) in [6, 6.07) is 14.2. The summed E-state index contributed by atoms with van der Waals surface area (Å²) in [5.74, 6) is 0. The van der Waals surface area contributed by atoms with Gasteiger partial charge in [-0.2, -0.15) is 0 Å². The molecule has 0 fully saturated rings. The number of fused-ring (bicyclic) bond motifs is 1. The van der Waals surface area contributed by atoms with Crippen molar-refractivity contribution in [2.45, 2.75) is 33.9 Å². The van der Waals surface area contributed by atoms with E-state index < -0.39 is 0 Å².